The van der Waals surface area contributed by atoms with E-state index in [9.17, 15) is 5.11 Å². The number of hydrogen-bond acceptors (Lipinski definition) is 1. The van der Waals surface area contributed by atoms with Gasteiger partial charge in [0, 0.05) is 6.42 Å². The molecule has 0 amide bonds. The van der Waals surface area contributed by atoms with Crippen LogP contribution in [0.5, 0.6) is 0 Å². The summed E-state index contributed by atoms with van der Waals surface area (Å²) in [6, 6.07) is 0. The molecule has 0 radical (unpaired) electrons. The van der Waals surface area contributed by atoms with Crippen molar-refractivity contribution in [3.63, 3.8) is 0 Å². The summed E-state index contributed by atoms with van der Waals surface area (Å²) in [5.74, 6) is 0.834. The van der Waals surface area contributed by atoms with Gasteiger partial charge in [-0.1, -0.05) is 42.9 Å². The number of hydrogen-bond donors (Lipinski definition) is 1. The molecule has 0 heterocycles. The highest BCUT2D eigenvalue weighted by molar-refractivity contribution is 5.22. The Bertz CT molecular complexity index is 279. The second-order valence-electron chi connectivity index (χ2n) is 3.42. The molecule has 0 bridgehead atoms. The summed E-state index contributed by atoms with van der Waals surface area (Å²) in [6.45, 7) is 4.20. The maximum absolute atomic E-state index is 9.34. The van der Waals surface area contributed by atoms with Crippen molar-refractivity contribution in [3.8, 4) is 0 Å². The lowest BCUT2D eigenvalue weighted by Gasteiger charge is -2.01. The molecule has 0 unspecified atom stereocenters. The molecule has 70 valence electrons. The van der Waals surface area contributed by atoms with Crippen molar-refractivity contribution >= 4 is 0 Å². The second-order valence-corrected chi connectivity index (χ2v) is 3.42. The van der Waals surface area contributed by atoms with Crippen molar-refractivity contribution < 1.29 is 5.11 Å². The lowest BCUT2D eigenvalue weighted by molar-refractivity contribution is 0.401. The van der Waals surface area contributed by atoms with Crippen LogP contribution in [-0.4, -0.2) is 5.11 Å². The van der Waals surface area contributed by atoms with Gasteiger partial charge in [-0.25, -0.2) is 0 Å². The zero-order chi connectivity index (χ0) is 9.68. The molecule has 0 aromatic heterocycles. The Morgan fingerprint density at radius 1 is 1.46 bits per heavy atom. The van der Waals surface area contributed by atoms with E-state index in [1.54, 1.807) is 6.08 Å². The van der Waals surface area contributed by atoms with Crippen molar-refractivity contribution in [1.29, 1.82) is 0 Å². The number of allylic oxidation sites excluding steroid dienone is 7. The number of aliphatic hydroxyl groups excluding tert-OH is 1. The molecule has 1 heteroatoms. The van der Waals surface area contributed by atoms with E-state index >= 15 is 0 Å². The summed E-state index contributed by atoms with van der Waals surface area (Å²) < 4.78 is 0. The molecule has 0 fully saturated rings. The Morgan fingerprint density at radius 2 is 2.23 bits per heavy atom. The molecule has 13 heavy (non-hydrogen) atoms. The third-order valence-corrected chi connectivity index (χ3v) is 1.94. The van der Waals surface area contributed by atoms with Crippen molar-refractivity contribution in [2.75, 3.05) is 0 Å². The highest BCUT2D eigenvalue weighted by Gasteiger charge is 1.94. The summed E-state index contributed by atoms with van der Waals surface area (Å²) in [5, 5.41) is 9.34. The SMILES string of the molecule is CC1=C[C@@H](C)/C=C\C=C(\O)CC=C1. The first-order valence-corrected chi connectivity index (χ1v) is 4.60. The third kappa shape index (κ3) is 3.79. The minimum atomic E-state index is 0.411. The molecular formula is C12H16O. The van der Waals surface area contributed by atoms with Gasteiger partial charge in [0.15, 0.2) is 0 Å². The third-order valence-electron chi connectivity index (χ3n) is 1.94. The van der Waals surface area contributed by atoms with Gasteiger partial charge >= 0.3 is 0 Å². The Hall–Kier alpha value is -1.24. The van der Waals surface area contributed by atoms with Gasteiger partial charge in [-0.3, -0.25) is 0 Å². The average molecular weight is 176 g/mol. The van der Waals surface area contributed by atoms with E-state index in [1.165, 1.54) is 5.57 Å². The molecule has 0 saturated carbocycles. The quantitative estimate of drug-likeness (QED) is 0.598. The van der Waals surface area contributed by atoms with Crippen molar-refractivity contribution in [2.24, 2.45) is 5.92 Å². The van der Waals surface area contributed by atoms with Gasteiger partial charge in [-0.05, 0) is 18.9 Å². The molecule has 0 aromatic carbocycles. The molecule has 1 aliphatic carbocycles. The fourth-order valence-corrected chi connectivity index (χ4v) is 1.30. The highest BCUT2D eigenvalue weighted by atomic mass is 16.3. The van der Waals surface area contributed by atoms with Crippen LogP contribution in [-0.2, 0) is 0 Å². The van der Waals surface area contributed by atoms with Crippen LogP contribution < -0.4 is 0 Å². The molecule has 0 aliphatic heterocycles. The Kier molecular flexibility index (Phi) is 3.56. The van der Waals surface area contributed by atoms with Crippen LogP contribution in [0.2, 0.25) is 0 Å². The van der Waals surface area contributed by atoms with Crippen LogP contribution in [0.1, 0.15) is 20.3 Å². The zero-order valence-corrected chi connectivity index (χ0v) is 8.20. The summed E-state index contributed by atoms with van der Waals surface area (Å²) in [6.07, 6.45) is 12.5. The van der Waals surface area contributed by atoms with Crippen LogP contribution in [0.15, 0.2) is 47.8 Å². The van der Waals surface area contributed by atoms with E-state index in [4.69, 9.17) is 0 Å². The van der Waals surface area contributed by atoms with Gasteiger partial charge in [0.25, 0.3) is 0 Å². The van der Waals surface area contributed by atoms with Crippen molar-refractivity contribution in [2.45, 2.75) is 20.3 Å². The maximum Gasteiger partial charge on any atom is 0.0960 e. The first-order valence-electron chi connectivity index (χ1n) is 4.60. The minimum absolute atomic E-state index is 0.411. The van der Waals surface area contributed by atoms with Crippen molar-refractivity contribution in [3.05, 3.63) is 47.8 Å². The molecule has 1 rings (SSSR count). The molecule has 1 nitrogen and oxygen atoms in total. The predicted molar refractivity (Wildman–Crippen MR) is 56.5 cm³/mol. The van der Waals surface area contributed by atoms with Crippen LogP contribution in [0.3, 0.4) is 0 Å². The molecule has 0 saturated heterocycles. The minimum Gasteiger partial charge on any atom is -0.512 e. The van der Waals surface area contributed by atoms with Gasteiger partial charge in [-0.15, -0.1) is 0 Å². The highest BCUT2D eigenvalue weighted by Crippen LogP contribution is 2.09. The Labute approximate surface area is 79.8 Å². The van der Waals surface area contributed by atoms with E-state index in [0.717, 1.165) is 0 Å². The largest absolute Gasteiger partial charge is 0.512 e. The summed E-state index contributed by atoms with van der Waals surface area (Å²) >= 11 is 0. The fraction of sp³-hybridized carbons (Fsp3) is 0.333. The number of aliphatic hydroxyl groups is 1. The summed E-state index contributed by atoms with van der Waals surface area (Å²) in [7, 11) is 0. The van der Waals surface area contributed by atoms with Crippen LogP contribution in [0.25, 0.3) is 0 Å². The molecule has 1 atom stereocenters. The van der Waals surface area contributed by atoms with Crippen LogP contribution in [0.4, 0.5) is 0 Å². The zero-order valence-electron chi connectivity index (χ0n) is 8.20. The van der Waals surface area contributed by atoms with Gasteiger partial charge in [-0.2, -0.15) is 0 Å². The smallest absolute Gasteiger partial charge is 0.0960 e. The van der Waals surface area contributed by atoms with Gasteiger partial charge in [0.05, 0.1) is 5.76 Å². The Morgan fingerprint density at radius 3 is 3.00 bits per heavy atom. The average Bonchev–Trinajstić information content (AvgIpc) is 2.03. The van der Waals surface area contributed by atoms with Gasteiger partial charge < -0.3 is 5.11 Å². The van der Waals surface area contributed by atoms with E-state index < -0.39 is 0 Å². The van der Waals surface area contributed by atoms with E-state index in [2.05, 4.69) is 26.0 Å². The first kappa shape index (κ1) is 9.85. The molecule has 0 aromatic rings. The van der Waals surface area contributed by atoms with E-state index in [1.807, 2.05) is 18.2 Å². The molecule has 1 N–H and O–H groups in total. The molecule has 1 aliphatic rings. The van der Waals surface area contributed by atoms with Crippen LogP contribution >= 0.6 is 0 Å². The summed E-state index contributed by atoms with van der Waals surface area (Å²) in [4.78, 5) is 0. The van der Waals surface area contributed by atoms with Gasteiger partial charge in [0.2, 0.25) is 0 Å². The fourth-order valence-electron chi connectivity index (χ4n) is 1.30. The topological polar surface area (TPSA) is 20.2 Å². The normalized spacial score (nSPS) is 30.2. The standard InChI is InChI=1S/C12H16O/c1-10-5-3-7-12(13)8-4-6-11(2)9-10/h3-7,9-10,13H,8H2,1-2H3/b5-3-,6-4?,11-9?,12-7+/t10-/m0/s1. The molecule has 0 spiro atoms. The first-order chi connectivity index (χ1) is 6.18. The monoisotopic (exact) mass is 176 g/mol. The summed E-state index contributed by atoms with van der Waals surface area (Å²) in [5.41, 5.74) is 1.24. The van der Waals surface area contributed by atoms with E-state index in [0.29, 0.717) is 18.1 Å². The lowest BCUT2D eigenvalue weighted by atomic mass is 10.1. The Balaban J connectivity index is 2.83. The maximum atomic E-state index is 9.34. The van der Waals surface area contributed by atoms with E-state index in [-0.39, 0.29) is 0 Å². The van der Waals surface area contributed by atoms with Crippen molar-refractivity contribution in [1.82, 2.24) is 0 Å². The molecular weight excluding hydrogens is 160 g/mol. The lowest BCUT2D eigenvalue weighted by Crippen LogP contribution is -1.86. The predicted octanol–water partition coefficient (Wildman–Crippen LogP) is 3.53. The van der Waals surface area contributed by atoms with Gasteiger partial charge in [0.1, 0.15) is 0 Å². The second kappa shape index (κ2) is 4.70. The number of rotatable bonds is 0. The van der Waals surface area contributed by atoms with Crippen LogP contribution in [0, 0.1) is 5.92 Å².